The van der Waals surface area contributed by atoms with Crippen molar-refractivity contribution in [1.29, 1.82) is 0 Å². The molecule has 36 heavy (non-hydrogen) atoms. The topological polar surface area (TPSA) is 102 Å². The van der Waals surface area contributed by atoms with Gasteiger partial charge in [0.15, 0.2) is 0 Å². The van der Waals surface area contributed by atoms with Gasteiger partial charge >= 0.3 is 0 Å². The molecule has 1 fully saturated rings. The van der Waals surface area contributed by atoms with Gasteiger partial charge in [0.2, 0.25) is 11.8 Å². The summed E-state index contributed by atoms with van der Waals surface area (Å²) >= 11 is 0. The highest BCUT2D eigenvalue weighted by Crippen LogP contribution is 2.31. The summed E-state index contributed by atoms with van der Waals surface area (Å²) in [5, 5.41) is 16.3. The number of carbonyl (C=O) groups is 2. The lowest BCUT2D eigenvalue weighted by Crippen LogP contribution is -2.28. The van der Waals surface area contributed by atoms with E-state index < -0.39 is 10.8 Å². The van der Waals surface area contributed by atoms with Crippen LogP contribution in [0.1, 0.15) is 12.0 Å². The fraction of sp³-hybridized carbons (Fsp3) is 0.143. The van der Waals surface area contributed by atoms with E-state index in [-0.39, 0.29) is 30.5 Å². The van der Waals surface area contributed by atoms with E-state index in [9.17, 15) is 19.7 Å². The molecule has 1 aliphatic heterocycles. The van der Waals surface area contributed by atoms with Gasteiger partial charge < -0.3 is 15.0 Å². The minimum absolute atomic E-state index is 0.0384. The van der Waals surface area contributed by atoms with Gasteiger partial charge in [0.1, 0.15) is 11.5 Å². The second-order valence-electron chi connectivity index (χ2n) is 8.76. The zero-order valence-electron chi connectivity index (χ0n) is 19.5. The fourth-order valence-corrected chi connectivity index (χ4v) is 4.31. The zero-order valence-corrected chi connectivity index (χ0v) is 19.5. The number of anilines is 2. The highest BCUT2D eigenvalue weighted by Gasteiger charge is 2.35. The van der Waals surface area contributed by atoms with E-state index in [2.05, 4.69) is 5.32 Å². The lowest BCUT2D eigenvalue weighted by Gasteiger charge is -2.17. The summed E-state index contributed by atoms with van der Waals surface area (Å²) in [7, 11) is 0. The maximum Gasteiger partial charge on any atom is 0.274 e. The monoisotopic (exact) mass is 481 g/mol. The van der Waals surface area contributed by atoms with Crippen LogP contribution in [0.15, 0.2) is 84.9 Å². The molecule has 1 saturated heterocycles. The molecule has 0 radical (unpaired) electrons. The van der Waals surface area contributed by atoms with E-state index in [4.69, 9.17) is 4.74 Å². The van der Waals surface area contributed by atoms with Crippen LogP contribution in [0, 0.1) is 23.0 Å². The minimum atomic E-state index is -0.564. The SMILES string of the molecule is Cc1ccc(N2C[C@H](C(=O)Nc3ccc(Oc4ccc5ccccc5c4)cc3)CC2=O)cc1[N+](=O)[O-]. The van der Waals surface area contributed by atoms with E-state index in [1.165, 1.54) is 11.0 Å². The Kier molecular flexibility index (Phi) is 6.08. The van der Waals surface area contributed by atoms with Gasteiger partial charge in [-0.05, 0) is 60.2 Å². The maximum atomic E-state index is 12.8. The van der Waals surface area contributed by atoms with Gasteiger partial charge in [-0.2, -0.15) is 0 Å². The lowest BCUT2D eigenvalue weighted by molar-refractivity contribution is -0.385. The Labute approximate surface area is 207 Å². The third kappa shape index (κ3) is 4.74. The number of hydrogen-bond donors (Lipinski definition) is 1. The number of fused-ring (bicyclic) bond motifs is 1. The van der Waals surface area contributed by atoms with Crippen molar-refractivity contribution in [2.24, 2.45) is 5.92 Å². The molecule has 5 rings (SSSR count). The highest BCUT2D eigenvalue weighted by atomic mass is 16.6. The number of nitro groups is 1. The van der Waals surface area contributed by atoms with Crippen LogP contribution in [0.2, 0.25) is 0 Å². The summed E-state index contributed by atoms with van der Waals surface area (Å²) < 4.78 is 5.95. The molecule has 0 unspecified atom stereocenters. The van der Waals surface area contributed by atoms with Crippen molar-refractivity contribution in [1.82, 2.24) is 0 Å². The van der Waals surface area contributed by atoms with Crippen molar-refractivity contribution in [2.75, 3.05) is 16.8 Å². The van der Waals surface area contributed by atoms with Crippen LogP contribution in [0.4, 0.5) is 17.1 Å². The van der Waals surface area contributed by atoms with Gasteiger partial charge in [-0.3, -0.25) is 19.7 Å². The average Bonchev–Trinajstić information content (AvgIpc) is 3.27. The molecule has 0 aliphatic carbocycles. The molecule has 0 saturated carbocycles. The Morgan fingerprint density at radius 1 is 0.972 bits per heavy atom. The van der Waals surface area contributed by atoms with E-state index in [0.29, 0.717) is 28.4 Å². The van der Waals surface area contributed by atoms with Crippen LogP contribution in [0.5, 0.6) is 11.5 Å². The quantitative estimate of drug-likeness (QED) is 0.275. The summed E-state index contributed by atoms with van der Waals surface area (Å²) in [5.74, 6) is 0.257. The smallest absolute Gasteiger partial charge is 0.274 e. The van der Waals surface area contributed by atoms with Gasteiger partial charge in [0, 0.05) is 30.3 Å². The molecule has 2 amide bonds. The third-order valence-corrected chi connectivity index (χ3v) is 6.28. The normalized spacial score (nSPS) is 15.2. The number of nitro benzene ring substituents is 1. The molecular formula is C28H23N3O5. The molecule has 1 N–H and O–H groups in total. The number of hydrogen-bond acceptors (Lipinski definition) is 5. The molecule has 1 atom stereocenters. The molecule has 1 heterocycles. The number of amides is 2. The Morgan fingerprint density at radius 3 is 2.44 bits per heavy atom. The first-order valence-electron chi connectivity index (χ1n) is 11.5. The predicted molar refractivity (Wildman–Crippen MR) is 137 cm³/mol. The van der Waals surface area contributed by atoms with Crippen molar-refractivity contribution in [3.63, 3.8) is 0 Å². The summed E-state index contributed by atoms with van der Waals surface area (Å²) in [6.07, 6.45) is 0.0384. The molecule has 0 bridgehead atoms. The van der Waals surface area contributed by atoms with E-state index in [1.54, 1.807) is 43.3 Å². The Hall–Kier alpha value is -4.72. The van der Waals surface area contributed by atoms with Crippen molar-refractivity contribution in [3.05, 3.63) is 101 Å². The fourth-order valence-electron chi connectivity index (χ4n) is 4.31. The first-order valence-corrected chi connectivity index (χ1v) is 11.5. The van der Waals surface area contributed by atoms with Crippen LogP contribution in [0.3, 0.4) is 0 Å². The lowest BCUT2D eigenvalue weighted by atomic mass is 10.1. The first-order chi connectivity index (χ1) is 17.4. The van der Waals surface area contributed by atoms with Crippen LogP contribution in [-0.2, 0) is 9.59 Å². The molecule has 0 spiro atoms. The number of ether oxygens (including phenoxy) is 1. The second-order valence-corrected chi connectivity index (χ2v) is 8.76. The van der Waals surface area contributed by atoms with Gasteiger partial charge in [-0.15, -0.1) is 0 Å². The van der Waals surface area contributed by atoms with Crippen molar-refractivity contribution < 1.29 is 19.2 Å². The van der Waals surface area contributed by atoms with E-state index in [0.717, 1.165) is 10.8 Å². The van der Waals surface area contributed by atoms with E-state index in [1.807, 2.05) is 42.5 Å². The van der Waals surface area contributed by atoms with Crippen LogP contribution < -0.4 is 15.0 Å². The molecule has 1 aliphatic rings. The molecule has 8 nitrogen and oxygen atoms in total. The summed E-state index contributed by atoms with van der Waals surface area (Å²) in [6.45, 7) is 1.80. The average molecular weight is 482 g/mol. The Morgan fingerprint density at radius 2 is 1.69 bits per heavy atom. The Balaban J connectivity index is 1.22. The van der Waals surface area contributed by atoms with Crippen LogP contribution in [-0.4, -0.2) is 23.3 Å². The van der Waals surface area contributed by atoms with Crippen molar-refractivity contribution in [3.8, 4) is 11.5 Å². The predicted octanol–water partition coefficient (Wildman–Crippen LogP) is 5.84. The summed E-state index contributed by atoms with van der Waals surface area (Å²) in [4.78, 5) is 37.6. The number of nitrogens with zero attached hydrogens (tertiary/aromatic N) is 2. The van der Waals surface area contributed by atoms with Gasteiger partial charge in [-0.25, -0.2) is 0 Å². The third-order valence-electron chi connectivity index (χ3n) is 6.28. The number of aryl methyl sites for hydroxylation is 1. The standard InChI is InChI=1S/C28H23N3O5/c1-18-6-10-23(16-26(18)31(34)35)30-17-21(15-27(30)32)28(33)29-22-8-12-24(13-9-22)36-25-11-7-19-4-2-3-5-20(19)14-25/h2-14,16,21H,15,17H2,1H3,(H,29,33)/t21-/m1/s1. The molecular weight excluding hydrogens is 458 g/mol. The molecule has 4 aromatic rings. The highest BCUT2D eigenvalue weighted by molar-refractivity contribution is 6.03. The molecule has 180 valence electrons. The van der Waals surface area contributed by atoms with Gasteiger partial charge in [0.05, 0.1) is 16.5 Å². The Bertz CT molecular complexity index is 1480. The molecule has 4 aromatic carbocycles. The first kappa shape index (κ1) is 23.0. The van der Waals surface area contributed by atoms with Gasteiger partial charge in [-0.1, -0.05) is 36.4 Å². The van der Waals surface area contributed by atoms with Gasteiger partial charge in [0.25, 0.3) is 5.69 Å². The molecule has 0 aromatic heterocycles. The number of rotatable bonds is 6. The largest absolute Gasteiger partial charge is 0.457 e. The van der Waals surface area contributed by atoms with Crippen molar-refractivity contribution >= 4 is 39.6 Å². The number of benzene rings is 4. The second kappa shape index (κ2) is 9.50. The molecule has 8 heteroatoms. The van der Waals surface area contributed by atoms with Crippen molar-refractivity contribution in [2.45, 2.75) is 13.3 Å². The summed E-state index contributed by atoms with van der Waals surface area (Å²) in [5.41, 5.74) is 1.46. The zero-order chi connectivity index (χ0) is 25.2. The number of carbonyl (C=O) groups excluding carboxylic acids is 2. The maximum absolute atomic E-state index is 12.8. The van der Waals surface area contributed by atoms with Crippen LogP contribution in [0.25, 0.3) is 10.8 Å². The van der Waals surface area contributed by atoms with Crippen LogP contribution >= 0.6 is 0 Å². The summed E-state index contributed by atoms with van der Waals surface area (Å²) in [6, 6.07) is 25.6. The van der Waals surface area contributed by atoms with E-state index >= 15 is 0 Å². The minimum Gasteiger partial charge on any atom is -0.457 e. The number of nitrogens with one attached hydrogen (secondary N) is 1.